The summed E-state index contributed by atoms with van der Waals surface area (Å²) in [7, 11) is 0. The molecule has 1 unspecified atom stereocenters. The molecule has 1 N–H and O–H groups in total. The number of aromatic nitrogens is 2. The van der Waals surface area contributed by atoms with Gasteiger partial charge in [-0.3, -0.25) is 0 Å². The fourth-order valence-electron chi connectivity index (χ4n) is 1.40. The van der Waals surface area contributed by atoms with Crippen LogP contribution in [-0.2, 0) is 0 Å². The van der Waals surface area contributed by atoms with Crippen LogP contribution in [0.4, 0.5) is 0 Å². The maximum atomic E-state index is 4.21. The predicted octanol–water partition coefficient (Wildman–Crippen LogP) is 1.35. The minimum Gasteiger partial charge on any atom is -0.307 e. The number of rotatable bonds is 1. The molecule has 60 valence electrons. The lowest BCUT2D eigenvalue weighted by atomic mass is 10.1. The average Bonchev–Trinajstić information content (AvgIpc) is 2.58. The Hall–Kier alpha value is -0.480. The van der Waals surface area contributed by atoms with Crippen LogP contribution in [0.2, 0.25) is 0 Å². The SMILES string of the molecule is c1nc(C2CCCCN2)ns1. The summed E-state index contributed by atoms with van der Waals surface area (Å²) in [5, 5.41) is 3.40. The van der Waals surface area contributed by atoms with Gasteiger partial charge in [0.2, 0.25) is 0 Å². The predicted molar refractivity (Wildman–Crippen MR) is 44.5 cm³/mol. The zero-order valence-electron chi connectivity index (χ0n) is 6.29. The Kier molecular flexibility index (Phi) is 2.14. The van der Waals surface area contributed by atoms with Gasteiger partial charge in [0.05, 0.1) is 6.04 Å². The Morgan fingerprint density at radius 2 is 2.55 bits per heavy atom. The zero-order valence-corrected chi connectivity index (χ0v) is 7.10. The first-order valence-electron chi connectivity index (χ1n) is 3.96. The third kappa shape index (κ3) is 1.57. The van der Waals surface area contributed by atoms with E-state index in [4.69, 9.17) is 0 Å². The van der Waals surface area contributed by atoms with Gasteiger partial charge in [0.1, 0.15) is 5.51 Å². The van der Waals surface area contributed by atoms with Gasteiger partial charge in [-0.25, -0.2) is 4.98 Å². The Morgan fingerprint density at radius 1 is 1.55 bits per heavy atom. The normalized spacial score (nSPS) is 25.3. The van der Waals surface area contributed by atoms with Crippen molar-refractivity contribution in [2.75, 3.05) is 6.54 Å². The van der Waals surface area contributed by atoms with Crippen LogP contribution in [0.3, 0.4) is 0 Å². The summed E-state index contributed by atoms with van der Waals surface area (Å²) in [6.45, 7) is 1.11. The van der Waals surface area contributed by atoms with E-state index >= 15 is 0 Å². The molecular weight excluding hydrogens is 158 g/mol. The van der Waals surface area contributed by atoms with Gasteiger partial charge in [-0.2, -0.15) is 4.37 Å². The Labute approximate surface area is 70.0 Å². The Balaban J connectivity index is 2.04. The van der Waals surface area contributed by atoms with Crippen LogP contribution < -0.4 is 5.32 Å². The van der Waals surface area contributed by atoms with E-state index in [1.165, 1.54) is 30.8 Å². The molecule has 11 heavy (non-hydrogen) atoms. The van der Waals surface area contributed by atoms with Crippen LogP contribution in [0, 0.1) is 0 Å². The van der Waals surface area contributed by atoms with Crippen LogP contribution >= 0.6 is 11.5 Å². The maximum Gasteiger partial charge on any atom is 0.159 e. The van der Waals surface area contributed by atoms with Crippen LogP contribution in [0.5, 0.6) is 0 Å². The van der Waals surface area contributed by atoms with Crippen molar-refractivity contribution in [3.63, 3.8) is 0 Å². The van der Waals surface area contributed by atoms with E-state index < -0.39 is 0 Å². The summed E-state index contributed by atoms with van der Waals surface area (Å²) < 4.78 is 4.21. The molecule has 2 heterocycles. The highest BCUT2D eigenvalue weighted by molar-refractivity contribution is 7.03. The highest BCUT2D eigenvalue weighted by atomic mass is 32.1. The van der Waals surface area contributed by atoms with Crippen molar-refractivity contribution < 1.29 is 0 Å². The molecule has 0 spiro atoms. The van der Waals surface area contributed by atoms with Gasteiger partial charge < -0.3 is 5.32 Å². The van der Waals surface area contributed by atoms with Crippen molar-refractivity contribution >= 4 is 11.5 Å². The maximum absolute atomic E-state index is 4.21. The molecule has 3 nitrogen and oxygen atoms in total. The summed E-state index contributed by atoms with van der Waals surface area (Å²) in [6, 6.07) is 0.426. The van der Waals surface area contributed by atoms with Crippen LogP contribution in [-0.4, -0.2) is 15.9 Å². The number of nitrogens with zero attached hydrogens (tertiary/aromatic N) is 2. The second-order valence-electron chi connectivity index (χ2n) is 2.79. The van der Waals surface area contributed by atoms with Gasteiger partial charge in [-0.15, -0.1) is 0 Å². The fraction of sp³-hybridized carbons (Fsp3) is 0.714. The van der Waals surface area contributed by atoms with Crippen LogP contribution in [0.15, 0.2) is 5.51 Å². The van der Waals surface area contributed by atoms with Gasteiger partial charge in [0, 0.05) is 0 Å². The molecule has 0 saturated carbocycles. The molecule has 1 aliphatic heterocycles. The lowest BCUT2D eigenvalue weighted by molar-refractivity contribution is 0.400. The van der Waals surface area contributed by atoms with Crippen molar-refractivity contribution in [3.05, 3.63) is 11.3 Å². The van der Waals surface area contributed by atoms with Crippen molar-refractivity contribution in [2.24, 2.45) is 0 Å². The summed E-state index contributed by atoms with van der Waals surface area (Å²) in [6.07, 6.45) is 3.79. The van der Waals surface area contributed by atoms with E-state index in [1.807, 2.05) is 0 Å². The summed E-state index contributed by atoms with van der Waals surface area (Å²) in [4.78, 5) is 4.18. The molecule has 2 rings (SSSR count). The largest absolute Gasteiger partial charge is 0.307 e. The molecule has 1 aromatic heterocycles. The first-order chi connectivity index (χ1) is 5.47. The molecule has 1 fully saturated rings. The molecule has 0 bridgehead atoms. The number of piperidine rings is 1. The molecule has 4 heteroatoms. The van der Waals surface area contributed by atoms with E-state index in [0.29, 0.717) is 6.04 Å². The first kappa shape index (κ1) is 7.18. The van der Waals surface area contributed by atoms with E-state index in [-0.39, 0.29) is 0 Å². The quantitative estimate of drug-likeness (QED) is 0.689. The van der Waals surface area contributed by atoms with Crippen molar-refractivity contribution in [3.8, 4) is 0 Å². The lowest BCUT2D eigenvalue weighted by Gasteiger charge is -2.20. The highest BCUT2D eigenvalue weighted by Gasteiger charge is 2.16. The minimum atomic E-state index is 0.426. The van der Waals surface area contributed by atoms with Gasteiger partial charge in [-0.05, 0) is 30.9 Å². The molecule has 1 aromatic rings. The molecule has 1 saturated heterocycles. The standard InChI is InChI=1S/C7H11N3S/c1-2-4-8-6(3-1)7-9-5-11-10-7/h5-6,8H,1-4H2. The average molecular weight is 169 g/mol. The number of hydrogen-bond donors (Lipinski definition) is 1. The topological polar surface area (TPSA) is 37.8 Å². The van der Waals surface area contributed by atoms with E-state index in [2.05, 4.69) is 14.7 Å². The van der Waals surface area contributed by atoms with Crippen LogP contribution in [0.25, 0.3) is 0 Å². The first-order valence-corrected chi connectivity index (χ1v) is 4.80. The Morgan fingerprint density at radius 3 is 3.18 bits per heavy atom. The van der Waals surface area contributed by atoms with Gasteiger partial charge in [0.15, 0.2) is 5.82 Å². The molecule has 1 aliphatic rings. The Bertz CT molecular complexity index is 203. The molecule has 0 radical (unpaired) electrons. The minimum absolute atomic E-state index is 0.426. The van der Waals surface area contributed by atoms with E-state index in [9.17, 15) is 0 Å². The van der Waals surface area contributed by atoms with Crippen molar-refractivity contribution in [2.45, 2.75) is 25.3 Å². The van der Waals surface area contributed by atoms with Gasteiger partial charge >= 0.3 is 0 Å². The lowest BCUT2D eigenvalue weighted by Crippen LogP contribution is -2.27. The van der Waals surface area contributed by atoms with E-state index in [0.717, 1.165) is 12.4 Å². The van der Waals surface area contributed by atoms with Gasteiger partial charge in [0.25, 0.3) is 0 Å². The number of nitrogens with one attached hydrogen (secondary N) is 1. The van der Waals surface area contributed by atoms with Gasteiger partial charge in [-0.1, -0.05) is 6.42 Å². The van der Waals surface area contributed by atoms with Crippen molar-refractivity contribution in [1.29, 1.82) is 0 Å². The van der Waals surface area contributed by atoms with E-state index in [1.54, 1.807) is 5.51 Å². The third-order valence-electron chi connectivity index (χ3n) is 2.00. The summed E-state index contributed by atoms with van der Waals surface area (Å²) >= 11 is 1.43. The molecule has 0 amide bonds. The molecular formula is C7H11N3S. The van der Waals surface area contributed by atoms with Crippen LogP contribution in [0.1, 0.15) is 31.1 Å². The zero-order chi connectivity index (χ0) is 7.52. The summed E-state index contributed by atoms with van der Waals surface area (Å²) in [5.74, 6) is 0.981. The second kappa shape index (κ2) is 3.28. The highest BCUT2D eigenvalue weighted by Crippen LogP contribution is 2.19. The third-order valence-corrected chi connectivity index (χ3v) is 2.49. The number of hydrogen-bond acceptors (Lipinski definition) is 4. The molecule has 0 aliphatic carbocycles. The monoisotopic (exact) mass is 169 g/mol. The second-order valence-corrected chi connectivity index (χ2v) is 3.40. The smallest absolute Gasteiger partial charge is 0.159 e. The molecule has 1 atom stereocenters. The fourth-order valence-corrected chi connectivity index (χ4v) is 1.89. The summed E-state index contributed by atoms with van der Waals surface area (Å²) in [5.41, 5.74) is 1.80. The molecule has 0 aromatic carbocycles. The van der Waals surface area contributed by atoms with Crippen molar-refractivity contribution in [1.82, 2.24) is 14.7 Å².